The number of aromatic nitrogens is 4. The van der Waals surface area contributed by atoms with E-state index in [0.29, 0.717) is 34.9 Å². The molecule has 0 aliphatic carbocycles. The first-order chi connectivity index (χ1) is 11.9. The number of halogens is 1. The second kappa shape index (κ2) is 8.86. The van der Waals surface area contributed by atoms with Crippen LogP contribution in [-0.4, -0.2) is 37.8 Å². The van der Waals surface area contributed by atoms with Crippen LogP contribution in [0.3, 0.4) is 0 Å². The molecule has 0 spiro atoms. The molecule has 0 saturated heterocycles. The predicted molar refractivity (Wildman–Crippen MR) is 102 cm³/mol. The number of benzene rings is 1. The third-order valence-electron chi connectivity index (χ3n) is 2.93. The second-order valence-electron chi connectivity index (χ2n) is 5.55. The van der Waals surface area contributed by atoms with E-state index in [1.807, 2.05) is 6.92 Å². The lowest BCUT2D eigenvalue weighted by atomic mass is 10.2. The van der Waals surface area contributed by atoms with Gasteiger partial charge in [-0.3, -0.25) is 15.4 Å². The van der Waals surface area contributed by atoms with Gasteiger partial charge in [-0.1, -0.05) is 18.9 Å². The third kappa shape index (κ3) is 5.75. The number of amides is 1. The van der Waals surface area contributed by atoms with Gasteiger partial charge >= 0.3 is 0 Å². The van der Waals surface area contributed by atoms with Crippen molar-refractivity contribution in [1.29, 1.82) is 0 Å². The van der Waals surface area contributed by atoms with E-state index in [9.17, 15) is 4.79 Å². The smallest absolute Gasteiger partial charge is 0.269 e. The maximum atomic E-state index is 12.3. The first-order valence-electron chi connectivity index (χ1n) is 7.71. The molecule has 0 atom stereocenters. The van der Waals surface area contributed by atoms with Crippen LogP contribution in [0.25, 0.3) is 0 Å². The van der Waals surface area contributed by atoms with E-state index < -0.39 is 0 Å². The Bertz CT molecular complexity index is 764. The fraction of sp³-hybridized carbons (Fsp3) is 0.400. The minimum absolute atomic E-state index is 0.0964. The van der Waals surface area contributed by atoms with E-state index in [4.69, 9.17) is 17.0 Å². The number of carbonyl (C=O) groups excluding carboxylic acids is 1. The Kier molecular flexibility index (Phi) is 6.82. The van der Waals surface area contributed by atoms with Gasteiger partial charge in [-0.25, -0.2) is 0 Å². The lowest BCUT2D eigenvalue weighted by molar-refractivity contribution is 0.0977. The van der Waals surface area contributed by atoms with Crippen molar-refractivity contribution in [3.63, 3.8) is 0 Å². The fourth-order valence-corrected chi connectivity index (χ4v) is 2.60. The number of rotatable bonds is 6. The molecule has 0 radical (unpaired) electrons. The molecule has 0 fully saturated rings. The van der Waals surface area contributed by atoms with Gasteiger partial charge in [0.25, 0.3) is 11.9 Å². The zero-order valence-corrected chi connectivity index (χ0v) is 16.5. The highest BCUT2D eigenvalue weighted by atomic mass is 79.9. The molecule has 1 aromatic carbocycles. The minimum atomic E-state index is -0.351. The van der Waals surface area contributed by atoms with Crippen LogP contribution >= 0.6 is 28.1 Å². The Morgan fingerprint density at radius 3 is 2.84 bits per heavy atom. The molecule has 8 nitrogen and oxygen atoms in total. The summed E-state index contributed by atoms with van der Waals surface area (Å²) in [5.74, 6) is 0.951. The molecule has 0 aliphatic heterocycles. The van der Waals surface area contributed by atoms with Crippen LogP contribution in [0.2, 0.25) is 0 Å². The van der Waals surface area contributed by atoms with Crippen LogP contribution in [0.1, 0.15) is 31.1 Å². The van der Waals surface area contributed by atoms with Crippen LogP contribution < -0.4 is 15.4 Å². The molecule has 2 rings (SSSR count). The summed E-state index contributed by atoms with van der Waals surface area (Å²) in [6.45, 7) is 7.19. The summed E-state index contributed by atoms with van der Waals surface area (Å²) < 4.78 is 6.11. The number of nitrogens with zero attached hydrogens (tertiary/aromatic N) is 4. The molecule has 1 heterocycles. The molecule has 2 N–H and O–H groups in total. The maximum Gasteiger partial charge on any atom is 0.269 e. The molecule has 1 aromatic heterocycles. The Hall–Kier alpha value is -2.07. The van der Waals surface area contributed by atoms with Crippen LogP contribution in [-0.2, 0) is 6.54 Å². The molecule has 25 heavy (non-hydrogen) atoms. The summed E-state index contributed by atoms with van der Waals surface area (Å²) in [6, 6.07) is 5.04. The molecular weight excluding hydrogens is 408 g/mol. The molecule has 0 saturated carbocycles. The van der Waals surface area contributed by atoms with Crippen molar-refractivity contribution in [2.75, 3.05) is 11.9 Å². The van der Waals surface area contributed by atoms with E-state index in [1.54, 1.807) is 18.2 Å². The average Bonchev–Trinajstić information content (AvgIpc) is 2.95. The predicted octanol–water partition coefficient (Wildman–Crippen LogP) is 2.62. The van der Waals surface area contributed by atoms with Crippen molar-refractivity contribution in [3.05, 3.63) is 28.2 Å². The van der Waals surface area contributed by atoms with E-state index in [0.717, 1.165) is 0 Å². The van der Waals surface area contributed by atoms with E-state index >= 15 is 0 Å². The number of nitrogens with one attached hydrogen (secondary N) is 2. The summed E-state index contributed by atoms with van der Waals surface area (Å²) in [6.07, 6.45) is 0. The van der Waals surface area contributed by atoms with Gasteiger partial charge in [0.05, 0.1) is 17.6 Å². The third-order valence-corrected chi connectivity index (χ3v) is 3.75. The number of thiocarbonyl (C=S) groups is 1. The highest BCUT2D eigenvalue weighted by Crippen LogP contribution is 2.25. The topological polar surface area (TPSA) is 94.0 Å². The van der Waals surface area contributed by atoms with Crippen LogP contribution in [0.15, 0.2) is 22.7 Å². The van der Waals surface area contributed by atoms with Crippen molar-refractivity contribution in [2.24, 2.45) is 5.92 Å². The Balaban J connectivity index is 1.94. The number of hydrogen-bond acceptors (Lipinski definition) is 6. The van der Waals surface area contributed by atoms with Gasteiger partial charge in [0, 0.05) is 5.56 Å². The van der Waals surface area contributed by atoms with Crippen LogP contribution in [0, 0.1) is 5.92 Å². The van der Waals surface area contributed by atoms with E-state index in [2.05, 4.69) is 55.8 Å². The number of hydrogen-bond donors (Lipinski definition) is 2. The molecule has 10 heteroatoms. The highest BCUT2D eigenvalue weighted by Gasteiger charge is 2.12. The van der Waals surface area contributed by atoms with Gasteiger partial charge in [-0.15, -0.1) is 5.10 Å². The van der Waals surface area contributed by atoms with E-state index in [1.165, 1.54) is 4.80 Å². The Morgan fingerprint density at radius 2 is 2.20 bits per heavy atom. The van der Waals surface area contributed by atoms with E-state index in [-0.39, 0.29) is 17.0 Å². The first-order valence-corrected chi connectivity index (χ1v) is 8.91. The summed E-state index contributed by atoms with van der Waals surface area (Å²) in [4.78, 5) is 13.7. The molecular formula is C15H19BrN6O2S. The summed E-state index contributed by atoms with van der Waals surface area (Å²) in [5.41, 5.74) is 0.441. The zero-order valence-electron chi connectivity index (χ0n) is 14.1. The Labute approximate surface area is 159 Å². The summed E-state index contributed by atoms with van der Waals surface area (Å²) >= 11 is 8.49. The number of carbonyl (C=O) groups is 1. The van der Waals surface area contributed by atoms with Crippen LogP contribution in [0.5, 0.6) is 5.75 Å². The SMILES string of the molecule is CCOc1ccc(C(=O)NC(=S)Nc2nnn(CC(C)C)n2)cc1Br. The standard InChI is InChI=1S/C15H19BrN6O2S/c1-4-24-12-6-5-10(7-11(12)16)13(23)17-15(25)18-14-19-21-22(20-14)8-9(2)3/h5-7,9H,4,8H2,1-3H3,(H2,17,18,20,23,25). The first kappa shape index (κ1) is 19.3. The second-order valence-corrected chi connectivity index (χ2v) is 6.81. The van der Waals surface area contributed by atoms with Gasteiger partial charge in [-0.05, 0) is 64.4 Å². The minimum Gasteiger partial charge on any atom is -0.493 e. The summed E-state index contributed by atoms with van der Waals surface area (Å²) in [7, 11) is 0. The Morgan fingerprint density at radius 1 is 1.44 bits per heavy atom. The molecule has 2 aromatic rings. The quantitative estimate of drug-likeness (QED) is 0.685. The average molecular weight is 427 g/mol. The number of tetrazole rings is 1. The van der Waals surface area contributed by atoms with Crippen molar-refractivity contribution in [2.45, 2.75) is 27.3 Å². The zero-order chi connectivity index (χ0) is 18.4. The number of anilines is 1. The van der Waals surface area contributed by atoms with Gasteiger partial charge in [-0.2, -0.15) is 4.80 Å². The molecule has 1 amide bonds. The van der Waals surface area contributed by atoms with Gasteiger partial charge in [0.2, 0.25) is 0 Å². The molecule has 0 bridgehead atoms. The molecule has 134 valence electrons. The summed E-state index contributed by atoms with van der Waals surface area (Å²) in [5, 5.41) is 17.3. The fourth-order valence-electron chi connectivity index (χ4n) is 1.92. The number of ether oxygens (including phenoxy) is 1. The van der Waals surface area contributed by atoms with Gasteiger partial charge < -0.3 is 4.74 Å². The highest BCUT2D eigenvalue weighted by molar-refractivity contribution is 9.10. The largest absolute Gasteiger partial charge is 0.493 e. The van der Waals surface area contributed by atoms with Gasteiger partial charge in [0.15, 0.2) is 5.11 Å². The normalized spacial score (nSPS) is 10.6. The van der Waals surface area contributed by atoms with Crippen molar-refractivity contribution in [1.82, 2.24) is 25.5 Å². The lowest BCUT2D eigenvalue weighted by Crippen LogP contribution is -2.34. The van der Waals surface area contributed by atoms with Crippen molar-refractivity contribution in [3.8, 4) is 5.75 Å². The molecule has 0 unspecified atom stereocenters. The maximum absolute atomic E-state index is 12.3. The van der Waals surface area contributed by atoms with Crippen molar-refractivity contribution >= 4 is 45.1 Å². The monoisotopic (exact) mass is 426 g/mol. The lowest BCUT2D eigenvalue weighted by Gasteiger charge is -2.09. The van der Waals surface area contributed by atoms with Crippen LogP contribution in [0.4, 0.5) is 5.95 Å². The van der Waals surface area contributed by atoms with Gasteiger partial charge in [0.1, 0.15) is 5.75 Å². The van der Waals surface area contributed by atoms with Crippen molar-refractivity contribution < 1.29 is 9.53 Å². The molecule has 0 aliphatic rings.